The van der Waals surface area contributed by atoms with Crippen LogP contribution < -0.4 is 0 Å². The van der Waals surface area contributed by atoms with Gasteiger partial charge in [-0.15, -0.1) is 0 Å². The van der Waals surface area contributed by atoms with E-state index < -0.39 is 5.97 Å². The van der Waals surface area contributed by atoms with E-state index in [0.717, 1.165) is 45.6 Å². The van der Waals surface area contributed by atoms with E-state index in [2.05, 4.69) is 11.8 Å². The maximum atomic E-state index is 10.5. The monoisotopic (exact) mass is 243 g/mol. The number of carboxylic acids is 1. The normalized spacial score (nSPS) is 20.4. The summed E-state index contributed by atoms with van der Waals surface area (Å²) in [4.78, 5) is 13.0. The zero-order valence-electron chi connectivity index (χ0n) is 11.0. The third kappa shape index (κ3) is 5.50. The molecule has 4 heteroatoms. The maximum absolute atomic E-state index is 10.5. The second kappa shape index (κ2) is 7.67. The highest BCUT2D eigenvalue weighted by Gasteiger charge is 2.22. The van der Waals surface area contributed by atoms with Crippen molar-refractivity contribution in [3.8, 4) is 0 Å². The van der Waals surface area contributed by atoms with E-state index in [4.69, 9.17) is 9.84 Å². The molecule has 1 N–H and O–H groups in total. The SMILES string of the molecule is CCOCC(C)N1CCC(CCC(=O)O)CC1. The van der Waals surface area contributed by atoms with Crippen molar-refractivity contribution in [2.45, 2.75) is 45.6 Å². The van der Waals surface area contributed by atoms with E-state index in [1.807, 2.05) is 6.92 Å². The average Bonchev–Trinajstić information content (AvgIpc) is 2.34. The number of carboxylic acid groups (broad SMARTS) is 1. The Morgan fingerprint density at radius 2 is 2.12 bits per heavy atom. The second-order valence-electron chi connectivity index (χ2n) is 4.92. The Bertz CT molecular complexity index is 225. The second-order valence-corrected chi connectivity index (χ2v) is 4.92. The predicted octanol–water partition coefficient (Wildman–Crippen LogP) is 1.99. The fraction of sp³-hybridized carbons (Fsp3) is 0.923. The summed E-state index contributed by atoms with van der Waals surface area (Å²) in [5, 5.41) is 8.65. The van der Waals surface area contributed by atoms with Gasteiger partial charge in [-0.1, -0.05) is 0 Å². The first-order valence-electron chi connectivity index (χ1n) is 6.67. The quantitative estimate of drug-likeness (QED) is 0.743. The molecule has 100 valence electrons. The summed E-state index contributed by atoms with van der Waals surface area (Å²) in [7, 11) is 0. The number of rotatable bonds is 7. The topological polar surface area (TPSA) is 49.8 Å². The molecule has 17 heavy (non-hydrogen) atoms. The van der Waals surface area contributed by atoms with Crippen molar-refractivity contribution in [1.29, 1.82) is 0 Å². The molecule has 0 aromatic rings. The number of piperidine rings is 1. The zero-order valence-corrected chi connectivity index (χ0v) is 11.0. The fourth-order valence-corrected chi connectivity index (χ4v) is 2.40. The Balaban J connectivity index is 2.18. The third-order valence-electron chi connectivity index (χ3n) is 3.60. The highest BCUT2D eigenvalue weighted by atomic mass is 16.5. The molecule has 0 amide bonds. The van der Waals surface area contributed by atoms with Crippen LogP contribution in [0.4, 0.5) is 0 Å². The van der Waals surface area contributed by atoms with Crippen LogP contribution in [0.1, 0.15) is 39.5 Å². The minimum Gasteiger partial charge on any atom is -0.481 e. The lowest BCUT2D eigenvalue weighted by molar-refractivity contribution is -0.137. The van der Waals surface area contributed by atoms with Gasteiger partial charge < -0.3 is 9.84 Å². The molecule has 1 fully saturated rings. The van der Waals surface area contributed by atoms with Crippen LogP contribution in [0.2, 0.25) is 0 Å². The van der Waals surface area contributed by atoms with E-state index in [0.29, 0.717) is 18.4 Å². The van der Waals surface area contributed by atoms with Crippen molar-refractivity contribution in [3.05, 3.63) is 0 Å². The van der Waals surface area contributed by atoms with E-state index in [1.54, 1.807) is 0 Å². The minimum atomic E-state index is -0.669. The van der Waals surface area contributed by atoms with Gasteiger partial charge in [-0.05, 0) is 52.1 Å². The van der Waals surface area contributed by atoms with Crippen molar-refractivity contribution in [2.24, 2.45) is 5.92 Å². The Labute approximate surface area is 104 Å². The summed E-state index contributed by atoms with van der Waals surface area (Å²) >= 11 is 0. The molecule has 0 aliphatic carbocycles. The molecule has 0 aromatic heterocycles. The molecule has 1 rings (SSSR count). The van der Waals surface area contributed by atoms with Crippen LogP contribution in [0.3, 0.4) is 0 Å². The van der Waals surface area contributed by atoms with E-state index in [9.17, 15) is 4.79 Å². The van der Waals surface area contributed by atoms with Crippen molar-refractivity contribution in [2.75, 3.05) is 26.3 Å². The van der Waals surface area contributed by atoms with E-state index >= 15 is 0 Å². The van der Waals surface area contributed by atoms with Gasteiger partial charge in [-0.3, -0.25) is 9.69 Å². The zero-order chi connectivity index (χ0) is 12.7. The molecule has 0 spiro atoms. The van der Waals surface area contributed by atoms with Gasteiger partial charge in [0, 0.05) is 19.1 Å². The highest BCUT2D eigenvalue weighted by molar-refractivity contribution is 5.66. The summed E-state index contributed by atoms with van der Waals surface area (Å²) in [6.07, 6.45) is 3.41. The summed E-state index contributed by atoms with van der Waals surface area (Å²) < 4.78 is 5.43. The minimum absolute atomic E-state index is 0.319. The van der Waals surface area contributed by atoms with Crippen LogP contribution in [-0.4, -0.2) is 48.3 Å². The van der Waals surface area contributed by atoms with Gasteiger partial charge in [0.05, 0.1) is 6.61 Å². The van der Waals surface area contributed by atoms with Crippen molar-refractivity contribution in [1.82, 2.24) is 4.90 Å². The van der Waals surface area contributed by atoms with Crippen LogP contribution in [0.15, 0.2) is 0 Å². The largest absolute Gasteiger partial charge is 0.481 e. The van der Waals surface area contributed by atoms with Gasteiger partial charge in [-0.2, -0.15) is 0 Å². The van der Waals surface area contributed by atoms with Gasteiger partial charge in [0.2, 0.25) is 0 Å². The molecule has 0 saturated carbocycles. The molecule has 0 bridgehead atoms. The number of hydrogen-bond acceptors (Lipinski definition) is 3. The summed E-state index contributed by atoms with van der Waals surface area (Å²) in [5.41, 5.74) is 0. The van der Waals surface area contributed by atoms with Crippen LogP contribution >= 0.6 is 0 Å². The number of nitrogens with zero attached hydrogens (tertiary/aromatic N) is 1. The summed E-state index contributed by atoms with van der Waals surface area (Å²) in [5.74, 6) is -0.0706. The van der Waals surface area contributed by atoms with Gasteiger partial charge >= 0.3 is 5.97 Å². The van der Waals surface area contributed by atoms with Crippen LogP contribution in [0, 0.1) is 5.92 Å². The predicted molar refractivity (Wildman–Crippen MR) is 67.1 cm³/mol. The first kappa shape index (κ1) is 14.5. The van der Waals surface area contributed by atoms with Crippen LogP contribution in [0.5, 0.6) is 0 Å². The molecule has 1 aliphatic heterocycles. The Hall–Kier alpha value is -0.610. The summed E-state index contributed by atoms with van der Waals surface area (Å²) in [6.45, 7) is 7.96. The van der Waals surface area contributed by atoms with Crippen molar-refractivity contribution >= 4 is 5.97 Å². The smallest absolute Gasteiger partial charge is 0.303 e. The Morgan fingerprint density at radius 3 is 2.65 bits per heavy atom. The average molecular weight is 243 g/mol. The lowest BCUT2D eigenvalue weighted by Crippen LogP contribution is -2.42. The third-order valence-corrected chi connectivity index (χ3v) is 3.60. The fourth-order valence-electron chi connectivity index (χ4n) is 2.40. The molecule has 0 radical (unpaired) electrons. The molecule has 0 aromatic carbocycles. The van der Waals surface area contributed by atoms with E-state index in [1.165, 1.54) is 0 Å². The molecule has 1 atom stereocenters. The molecule has 4 nitrogen and oxygen atoms in total. The van der Waals surface area contributed by atoms with Crippen LogP contribution in [-0.2, 0) is 9.53 Å². The van der Waals surface area contributed by atoms with Gasteiger partial charge in [0.25, 0.3) is 0 Å². The van der Waals surface area contributed by atoms with E-state index in [-0.39, 0.29) is 0 Å². The molecule has 1 unspecified atom stereocenters. The van der Waals surface area contributed by atoms with Crippen molar-refractivity contribution in [3.63, 3.8) is 0 Å². The number of carbonyl (C=O) groups is 1. The highest BCUT2D eigenvalue weighted by Crippen LogP contribution is 2.23. The lowest BCUT2D eigenvalue weighted by Gasteiger charge is -2.35. The molecular formula is C13H25NO3. The Kier molecular flexibility index (Phi) is 6.52. The molecular weight excluding hydrogens is 218 g/mol. The number of likely N-dealkylation sites (tertiary alicyclic amines) is 1. The number of hydrogen-bond donors (Lipinski definition) is 1. The maximum Gasteiger partial charge on any atom is 0.303 e. The van der Waals surface area contributed by atoms with Crippen LogP contribution in [0.25, 0.3) is 0 Å². The van der Waals surface area contributed by atoms with Gasteiger partial charge in [0.1, 0.15) is 0 Å². The standard InChI is InChI=1S/C13H25NO3/c1-3-17-10-11(2)14-8-6-12(7-9-14)4-5-13(15)16/h11-12H,3-10H2,1-2H3,(H,15,16). The molecule has 1 saturated heterocycles. The molecule has 1 heterocycles. The molecule has 1 aliphatic rings. The first-order valence-corrected chi connectivity index (χ1v) is 6.67. The van der Waals surface area contributed by atoms with Crippen molar-refractivity contribution < 1.29 is 14.6 Å². The van der Waals surface area contributed by atoms with Gasteiger partial charge in [-0.25, -0.2) is 0 Å². The Morgan fingerprint density at radius 1 is 1.47 bits per heavy atom. The van der Waals surface area contributed by atoms with Gasteiger partial charge in [0.15, 0.2) is 0 Å². The number of ether oxygens (including phenoxy) is 1. The first-order chi connectivity index (χ1) is 8.13. The summed E-state index contributed by atoms with van der Waals surface area (Å²) in [6, 6.07) is 0.482. The lowest BCUT2D eigenvalue weighted by atomic mass is 9.91. The number of aliphatic carboxylic acids is 1.